The normalized spacial score (nSPS) is 12.7. The molecular formula is C75H67Cl8I3N16O10. The van der Waals surface area contributed by atoms with Gasteiger partial charge in [0, 0.05) is 70.1 Å². The summed E-state index contributed by atoms with van der Waals surface area (Å²) >= 11 is 53.3. The molecule has 2 saturated heterocycles. The average Bonchev–Trinajstić information content (AvgIpc) is 1.10. The van der Waals surface area contributed by atoms with Crippen LogP contribution in [-0.2, 0) is 17.9 Å². The number of benzene rings is 7. The van der Waals surface area contributed by atoms with Crippen molar-refractivity contribution in [3.63, 3.8) is 0 Å². The van der Waals surface area contributed by atoms with E-state index in [0.717, 1.165) is 84.1 Å². The Hall–Kier alpha value is -8.42. The number of rotatable bonds is 11. The zero-order valence-electron chi connectivity index (χ0n) is 59.4. The van der Waals surface area contributed by atoms with E-state index in [4.69, 9.17) is 175 Å². The van der Waals surface area contributed by atoms with Crippen LogP contribution < -0.4 is 38.9 Å². The Bertz CT molecular complexity index is 5360. The lowest BCUT2D eigenvalue weighted by Crippen LogP contribution is -2.48. The summed E-state index contributed by atoms with van der Waals surface area (Å²) in [5, 5.41) is 42.0. The number of halogens is 11. The minimum atomic E-state index is -1.06. The number of nitrogens with two attached hydrogens (primary N) is 5. The molecule has 0 radical (unpaired) electrons. The third kappa shape index (κ3) is 26.1. The van der Waals surface area contributed by atoms with Crippen molar-refractivity contribution in [1.82, 2.24) is 35.6 Å². The number of para-hydroxylation sites is 1. The number of aliphatic hydroxyl groups excluding tert-OH is 1. The smallest absolute Gasteiger partial charge is 0.337 e. The lowest BCUT2D eigenvalue weighted by atomic mass is 10.0. The van der Waals surface area contributed by atoms with Crippen molar-refractivity contribution in [3.8, 4) is 22.9 Å². The molecule has 0 saturated carbocycles. The van der Waals surface area contributed by atoms with Gasteiger partial charge in [0.05, 0.1) is 123 Å². The number of nitrogens with one attached hydrogen (secondary N) is 1. The lowest BCUT2D eigenvalue weighted by molar-refractivity contribution is 0.0650. The molecule has 0 spiro atoms. The molecule has 7 aromatic carbocycles. The second-order valence-corrected chi connectivity index (χ2v) is 30.3. The van der Waals surface area contributed by atoms with Crippen molar-refractivity contribution in [2.75, 3.05) is 59.9 Å². The Morgan fingerprint density at radius 2 is 1.08 bits per heavy atom. The molecule has 2 fully saturated rings. The zero-order valence-corrected chi connectivity index (χ0v) is 71.9. The van der Waals surface area contributed by atoms with Crippen molar-refractivity contribution in [2.24, 2.45) is 0 Å². The Morgan fingerprint density at radius 1 is 0.580 bits per heavy atom. The molecule has 584 valence electrons. The molecule has 0 aliphatic carbocycles. The summed E-state index contributed by atoms with van der Waals surface area (Å²) in [5.74, 6) is 0.496. The van der Waals surface area contributed by atoms with Gasteiger partial charge >= 0.3 is 11.9 Å². The predicted molar refractivity (Wildman–Crippen MR) is 469 cm³/mol. The number of carboxylic acid groups (broad SMARTS) is 2. The summed E-state index contributed by atoms with van der Waals surface area (Å²) in [5.41, 5.74) is 34.2. The second-order valence-electron chi connectivity index (χ2n) is 23.3. The Morgan fingerprint density at radius 3 is 1.62 bits per heavy atom. The van der Waals surface area contributed by atoms with E-state index in [-0.39, 0.29) is 73.0 Å². The number of pyridine rings is 2. The highest BCUT2D eigenvalue weighted by atomic mass is 127. The van der Waals surface area contributed by atoms with Crippen LogP contribution in [0.5, 0.6) is 0 Å². The molecule has 2 aliphatic rings. The van der Waals surface area contributed by atoms with Crippen molar-refractivity contribution in [1.29, 1.82) is 0 Å². The molecule has 2 aliphatic heterocycles. The van der Waals surface area contributed by atoms with Crippen LogP contribution in [0.15, 0.2) is 112 Å². The molecular weight excluding hydrogens is 1950 g/mol. The first-order valence-corrected chi connectivity index (χ1v) is 39.1. The number of aryl methyl sites for hydroxylation is 2. The van der Waals surface area contributed by atoms with Gasteiger partial charge in [-0.2, -0.15) is 9.97 Å². The summed E-state index contributed by atoms with van der Waals surface area (Å²) in [6, 6.07) is 29.1. The highest BCUT2D eigenvalue weighted by molar-refractivity contribution is 14.1. The largest absolute Gasteiger partial charge is 0.478 e. The van der Waals surface area contributed by atoms with Crippen LogP contribution in [0.4, 0.5) is 45.6 Å². The number of nitrogen functional groups attached to an aromatic ring is 5. The Balaban J connectivity index is 0.000000214. The minimum Gasteiger partial charge on any atom is -0.478 e. The van der Waals surface area contributed by atoms with Gasteiger partial charge in [-0.15, -0.1) is 0 Å². The maximum Gasteiger partial charge on any atom is 0.337 e. The highest BCUT2D eigenvalue weighted by Crippen LogP contribution is 2.39. The fourth-order valence-electron chi connectivity index (χ4n) is 10.3. The number of nitrogens with zero attached hydrogens (tertiary/aromatic N) is 10. The molecule has 4 aromatic heterocycles. The maximum absolute atomic E-state index is 10.6. The number of ether oxygens (including phenoxy) is 1. The van der Waals surface area contributed by atoms with E-state index in [2.05, 4.69) is 95.2 Å². The number of aromatic carboxylic acids is 2. The SMILES string of the molecule is CC.Nc1c(Cl)cc(I)cc1C(=O)O.Nc1c(Cl)cc(I)cc1C=O.Nc1c(Cl)cc(I)cc1CO.Nc1c(Cl)cccc1C(=O)O.[C-]#[N+]Cc1cc(Cl)c2nc(N3CCC(N[C@@H]4CCCOC4)CC3)c(-c3nc(C)no3)cc2c1.[C-]#[N+]c1cc(Cl)c(N)c(C=O)c1.[C-]#[N+]c1cc(Cl)c2nc(Cl)c(-c3nc(C)no3)cc2c1. The predicted octanol–water partition coefficient (Wildman–Crippen LogP) is 20.4. The van der Waals surface area contributed by atoms with Gasteiger partial charge in [-0.3, -0.25) is 9.59 Å². The van der Waals surface area contributed by atoms with Crippen LogP contribution in [0.2, 0.25) is 40.3 Å². The van der Waals surface area contributed by atoms with Gasteiger partial charge in [0.2, 0.25) is 6.54 Å². The second kappa shape index (κ2) is 44.9. The molecule has 37 heteroatoms. The van der Waals surface area contributed by atoms with Crippen molar-refractivity contribution in [3.05, 3.63) is 233 Å². The van der Waals surface area contributed by atoms with Crippen LogP contribution in [0.1, 0.15) is 104 Å². The van der Waals surface area contributed by atoms with Gasteiger partial charge < -0.3 is 72.8 Å². The van der Waals surface area contributed by atoms with Crippen molar-refractivity contribution >= 4 is 253 Å². The molecule has 26 nitrogen and oxygen atoms in total. The first-order chi connectivity index (χ1) is 53.3. The van der Waals surface area contributed by atoms with Gasteiger partial charge in [-0.25, -0.2) is 35.8 Å². The molecule has 6 heterocycles. The fraction of sp³-hybridized carbons (Fsp3) is 0.213. The Kier molecular flexibility index (Phi) is 37.0. The van der Waals surface area contributed by atoms with Gasteiger partial charge in [0.1, 0.15) is 11.0 Å². The number of anilines is 6. The molecule has 11 aromatic rings. The minimum absolute atomic E-state index is 0.0394. The zero-order chi connectivity index (χ0) is 82.8. The number of carboxylic acids is 2. The molecule has 13 rings (SSSR count). The number of carbonyl (C=O) groups excluding carboxylic acids is 2. The van der Waals surface area contributed by atoms with Crippen LogP contribution in [0, 0.1) is 44.3 Å². The summed E-state index contributed by atoms with van der Waals surface area (Å²) in [7, 11) is 0. The summed E-state index contributed by atoms with van der Waals surface area (Å²) in [6.07, 6.45) is 5.63. The van der Waals surface area contributed by atoms with E-state index in [1.807, 2.05) is 60.7 Å². The number of aromatic nitrogens is 6. The lowest BCUT2D eigenvalue weighted by Gasteiger charge is -2.36. The maximum atomic E-state index is 10.6. The molecule has 112 heavy (non-hydrogen) atoms. The number of aldehydes is 2. The average molecular weight is 2020 g/mol. The van der Waals surface area contributed by atoms with Crippen molar-refractivity contribution < 1.29 is 48.3 Å². The summed E-state index contributed by atoms with van der Waals surface area (Å²) in [6.45, 7) is 32.1. The van der Waals surface area contributed by atoms with Crippen LogP contribution in [0.3, 0.4) is 0 Å². The number of hydrogen-bond acceptors (Lipinski definition) is 21. The third-order valence-corrected chi connectivity index (χ3v) is 20.0. The Labute approximate surface area is 724 Å². The summed E-state index contributed by atoms with van der Waals surface area (Å²) < 4.78 is 18.9. The van der Waals surface area contributed by atoms with E-state index in [0.29, 0.717) is 113 Å². The first kappa shape index (κ1) is 92.4. The third-order valence-electron chi connectivity index (χ3n) is 15.7. The number of piperidine rings is 1. The number of aliphatic hydroxyl groups is 1. The topological polar surface area (TPSA) is 400 Å². The van der Waals surface area contributed by atoms with Gasteiger partial charge in [-0.05, 0) is 210 Å². The highest BCUT2D eigenvalue weighted by Gasteiger charge is 2.28. The molecule has 0 bridgehead atoms. The van der Waals surface area contributed by atoms with Gasteiger partial charge in [0.25, 0.3) is 11.8 Å². The van der Waals surface area contributed by atoms with Crippen LogP contribution in [0.25, 0.3) is 59.2 Å². The van der Waals surface area contributed by atoms with E-state index in [1.165, 1.54) is 30.7 Å². The molecule has 1 atom stereocenters. The first-order valence-electron chi connectivity index (χ1n) is 32.9. The van der Waals surface area contributed by atoms with E-state index < -0.39 is 11.9 Å². The fourth-order valence-corrected chi connectivity index (χ4v) is 14.7. The van der Waals surface area contributed by atoms with Crippen molar-refractivity contribution in [2.45, 2.75) is 78.6 Å². The quantitative estimate of drug-likeness (QED) is 0.0191. The van der Waals surface area contributed by atoms with E-state index >= 15 is 0 Å². The summed E-state index contributed by atoms with van der Waals surface area (Å²) in [4.78, 5) is 71.9. The molecule has 0 unspecified atom stereocenters. The number of hydrogen-bond donors (Lipinski definition) is 9. The number of fused-ring (bicyclic) bond motifs is 2. The standard InChI is InChI=1S/C24H27ClN6O2.C13H6Cl2N4O.C8H5ClN2O.C7H5ClINO2.C7H7ClINO.C7H5ClINO.C7H6ClNO2.C2H6/c1-15-27-24(33-30-15)20-12-17-10-16(13-26-2)11-21(25)22(17)29-23(20)31-7-5-18(6-8-31)28-19-4-3-9-32-14-19;1-6-17-13(20-19-6)9-4-7-3-8(16-2)5-10(14)11(7)18-12(9)15;1-11-6-2-5(4-12)8(10)7(9)3-6;8-5-2-3(9)1-4(6(5)10)7(11)12;2*8-6-2-5(9)1-4(3-11)7(6)10;8-5-3-1-2-4(6(5)9)7(10)11;1-2/h10-12,18-19,28H,3-9,13-14H2,1H3;3-5H,1H3;2-4H,10H2;1-2H,10H2,(H,11,12);1-2,11H,3,10H2;1-3H,10H2;1-3H,9H2,(H,10,11);1-2H3/t19-;;;;;;;/m1......./s1. The van der Waals surface area contributed by atoms with Gasteiger partial charge in [0.15, 0.2) is 35.6 Å². The monoisotopic (exact) mass is 2010 g/mol. The van der Waals surface area contributed by atoms with Gasteiger partial charge in [-0.1, -0.05) is 123 Å². The van der Waals surface area contributed by atoms with Crippen LogP contribution in [-0.4, -0.2) is 108 Å². The van der Waals surface area contributed by atoms with E-state index in [9.17, 15) is 19.2 Å². The number of carbonyl (C=O) groups is 4. The van der Waals surface area contributed by atoms with E-state index in [1.54, 1.807) is 68.4 Å². The molecule has 0 amide bonds. The molecule has 14 N–H and O–H groups in total. The van der Waals surface area contributed by atoms with Crippen LogP contribution >= 0.6 is 161 Å².